The Morgan fingerprint density at radius 2 is 1.76 bits per heavy atom. The fraction of sp³-hybridized carbons (Fsp3) is 0.429. The van der Waals surface area contributed by atoms with E-state index in [4.69, 9.17) is 4.74 Å². The Kier molecular flexibility index (Phi) is 5.19. The molecule has 1 aromatic heterocycles. The minimum Gasteiger partial charge on any atom is -0.366 e. The van der Waals surface area contributed by atoms with E-state index in [9.17, 15) is 4.79 Å². The molecule has 0 saturated carbocycles. The van der Waals surface area contributed by atoms with Gasteiger partial charge in [-0.3, -0.25) is 9.78 Å². The molecular formula is C21H26N2O2. The van der Waals surface area contributed by atoms with Gasteiger partial charge < -0.3 is 9.64 Å². The number of aromatic nitrogens is 1. The van der Waals surface area contributed by atoms with E-state index in [1.165, 1.54) is 0 Å². The van der Waals surface area contributed by atoms with E-state index >= 15 is 0 Å². The maximum Gasteiger partial charge on any atom is 0.254 e. The molecule has 0 aliphatic carbocycles. The predicted octanol–water partition coefficient (Wildman–Crippen LogP) is 3.94. The highest BCUT2D eigenvalue weighted by Gasteiger charge is 2.33. The van der Waals surface area contributed by atoms with Gasteiger partial charge in [-0.15, -0.1) is 0 Å². The first kappa shape index (κ1) is 17.6. The third-order valence-corrected chi connectivity index (χ3v) is 4.66. The molecule has 4 heteroatoms. The van der Waals surface area contributed by atoms with Gasteiger partial charge in [0, 0.05) is 23.5 Å². The molecule has 1 aliphatic heterocycles. The fourth-order valence-electron chi connectivity index (χ4n) is 3.31. The molecule has 2 aromatic rings. The third kappa shape index (κ3) is 4.07. The van der Waals surface area contributed by atoms with Crippen molar-refractivity contribution in [2.24, 2.45) is 5.92 Å². The van der Waals surface area contributed by atoms with Gasteiger partial charge in [-0.25, -0.2) is 0 Å². The summed E-state index contributed by atoms with van der Waals surface area (Å²) in [5, 5.41) is 0. The van der Waals surface area contributed by atoms with Gasteiger partial charge in [-0.2, -0.15) is 0 Å². The van der Waals surface area contributed by atoms with Crippen molar-refractivity contribution in [3.8, 4) is 0 Å². The zero-order valence-corrected chi connectivity index (χ0v) is 15.4. The second-order valence-electron chi connectivity index (χ2n) is 7.17. The Morgan fingerprint density at radius 1 is 1.12 bits per heavy atom. The second-order valence-corrected chi connectivity index (χ2v) is 7.17. The number of benzene rings is 1. The second kappa shape index (κ2) is 7.36. The van der Waals surface area contributed by atoms with E-state index in [0.29, 0.717) is 24.6 Å². The maximum atomic E-state index is 13.1. The first-order valence-corrected chi connectivity index (χ1v) is 8.89. The van der Waals surface area contributed by atoms with Gasteiger partial charge in [0.25, 0.3) is 5.91 Å². The molecular weight excluding hydrogens is 312 g/mol. The van der Waals surface area contributed by atoms with Crippen LogP contribution < -0.4 is 0 Å². The average molecular weight is 338 g/mol. The third-order valence-electron chi connectivity index (χ3n) is 4.66. The van der Waals surface area contributed by atoms with E-state index in [2.05, 4.69) is 31.0 Å². The van der Waals surface area contributed by atoms with E-state index in [0.717, 1.165) is 17.0 Å². The Labute approximate surface area is 149 Å². The quantitative estimate of drug-likeness (QED) is 0.851. The molecule has 0 N–H and O–H groups in total. The van der Waals surface area contributed by atoms with Gasteiger partial charge in [0.05, 0.1) is 12.6 Å². The largest absolute Gasteiger partial charge is 0.366 e. The van der Waals surface area contributed by atoms with Crippen molar-refractivity contribution >= 4 is 5.91 Å². The number of pyridine rings is 1. The molecule has 1 amide bonds. The lowest BCUT2D eigenvalue weighted by Crippen LogP contribution is -2.48. The van der Waals surface area contributed by atoms with Crippen molar-refractivity contribution in [1.29, 1.82) is 0 Å². The van der Waals surface area contributed by atoms with Crippen LogP contribution in [0.5, 0.6) is 0 Å². The van der Waals surface area contributed by atoms with Gasteiger partial charge in [0.15, 0.2) is 0 Å². The standard InChI is InChI=1S/C21H26N2O2/c1-14(2)19-12-23(13-20(25-19)17-8-6-5-7-9-17)21(24)18-10-15(3)22-16(4)11-18/h5-11,14,19-20H,12-13H2,1-4H3/t19-,20+/m1/s1. The van der Waals surface area contributed by atoms with Crippen LogP contribution in [0.2, 0.25) is 0 Å². The summed E-state index contributed by atoms with van der Waals surface area (Å²) in [5.41, 5.74) is 3.57. The van der Waals surface area contributed by atoms with Crippen molar-refractivity contribution in [3.63, 3.8) is 0 Å². The highest BCUT2D eigenvalue weighted by atomic mass is 16.5. The minimum absolute atomic E-state index is 0.0342. The summed E-state index contributed by atoms with van der Waals surface area (Å²) in [6.07, 6.45) is -0.0535. The number of nitrogens with zero attached hydrogens (tertiary/aromatic N) is 2. The van der Waals surface area contributed by atoms with Crippen molar-refractivity contribution in [3.05, 3.63) is 65.0 Å². The lowest BCUT2D eigenvalue weighted by molar-refractivity contribution is -0.0954. The van der Waals surface area contributed by atoms with Gasteiger partial charge >= 0.3 is 0 Å². The van der Waals surface area contributed by atoms with Crippen LogP contribution in [0.1, 0.15) is 47.3 Å². The summed E-state index contributed by atoms with van der Waals surface area (Å²) in [5.74, 6) is 0.409. The first-order valence-electron chi connectivity index (χ1n) is 8.89. The molecule has 1 saturated heterocycles. The summed E-state index contributed by atoms with van der Waals surface area (Å²) in [6, 6.07) is 13.9. The Hall–Kier alpha value is -2.20. The molecule has 25 heavy (non-hydrogen) atoms. The molecule has 1 aliphatic rings. The summed E-state index contributed by atoms with van der Waals surface area (Å²) >= 11 is 0. The maximum absolute atomic E-state index is 13.1. The molecule has 0 unspecified atom stereocenters. The molecule has 0 spiro atoms. The van der Waals surface area contributed by atoms with Crippen LogP contribution in [0, 0.1) is 19.8 Å². The van der Waals surface area contributed by atoms with Crippen molar-refractivity contribution in [2.75, 3.05) is 13.1 Å². The highest BCUT2D eigenvalue weighted by Crippen LogP contribution is 2.29. The number of hydrogen-bond donors (Lipinski definition) is 0. The van der Waals surface area contributed by atoms with E-state index in [-0.39, 0.29) is 18.1 Å². The normalized spacial score (nSPS) is 20.8. The van der Waals surface area contributed by atoms with Crippen LogP contribution in [-0.2, 0) is 4.74 Å². The summed E-state index contributed by atoms with van der Waals surface area (Å²) < 4.78 is 6.29. The summed E-state index contributed by atoms with van der Waals surface area (Å²) in [4.78, 5) is 19.4. The molecule has 0 radical (unpaired) electrons. The number of aryl methyl sites for hydroxylation is 2. The average Bonchev–Trinajstić information content (AvgIpc) is 2.60. The molecule has 2 atom stereocenters. The van der Waals surface area contributed by atoms with Crippen molar-refractivity contribution < 1.29 is 9.53 Å². The molecule has 4 nitrogen and oxygen atoms in total. The van der Waals surface area contributed by atoms with E-state index in [1.807, 2.05) is 49.1 Å². The SMILES string of the molecule is Cc1cc(C(=O)N2C[C@@H](c3ccccc3)O[C@@H](C(C)C)C2)cc(C)n1. The topological polar surface area (TPSA) is 42.4 Å². The molecule has 3 rings (SSSR count). The van der Waals surface area contributed by atoms with Crippen LogP contribution in [0.25, 0.3) is 0 Å². The number of carbonyl (C=O) groups excluding carboxylic acids is 1. The predicted molar refractivity (Wildman–Crippen MR) is 98.5 cm³/mol. The van der Waals surface area contributed by atoms with Crippen LogP contribution in [0.4, 0.5) is 0 Å². The smallest absolute Gasteiger partial charge is 0.254 e. The Morgan fingerprint density at radius 3 is 2.36 bits per heavy atom. The highest BCUT2D eigenvalue weighted by molar-refractivity contribution is 5.94. The molecule has 0 bridgehead atoms. The molecule has 1 fully saturated rings. The zero-order chi connectivity index (χ0) is 18.0. The number of carbonyl (C=O) groups is 1. The van der Waals surface area contributed by atoms with Crippen molar-refractivity contribution in [1.82, 2.24) is 9.88 Å². The van der Waals surface area contributed by atoms with E-state index in [1.54, 1.807) is 0 Å². The number of ether oxygens (including phenoxy) is 1. The fourth-order valence-corrected chi connectivity index (χ4v) is 3.31. The van der Waals surface area contributed by atoms with Crippen molar-refractivity contribution in [2.45, 2.75) is 39.9 Å². The van der Waals surface area contributed by atoms with Crippen LogP contribution in [0.15, 0.2) is 42.5 Å². The van der Waals surface area contributed by atoms with Gasteiger partial charge in [0.1, 0.15) is 6.10 Å². The molecule has 132 valence electrons. The monoisotopic (exact) mass is 338 g/mol. The van der Waals surface area contributed by atoms with Crippen LogP contribution in [0.3, 0.4) is 0 Å². The van der Waals surface area contributed by atoms with Crippen LogP contribution in [-0.4, -0.2) is 35.0 Å². The minimum atomic E-state index is -0.0877. The summed E-state index contributed by atoms with van der Waals surface area (Å²) in [7, 11) is 0. The first-order chi connectivity index (χ1) is 11.9. The zero-order valence-electron chi connectivity index (χ0n) is 15.4. The Balaban J connectivity index is 1.87. The lowest BCUT2D eigenvalue weighted by Gasteiger charge is -2.40. The van der Waals surface area contributed by atoms with Gasteiger partial charge in [0.2, 0.25) is 0 Å². The molecule has 2 heterocycles. The summed E-state index contributed by atoms with van der Waals surface area (Å²) in [6.45, 7) is 9.33. The molecule has 1 aromatic carbocycles. The van der Waals surface area contributed by atoms with Gasteiger partial charge in [-0.1, -0.05) is 44.2 Å². The van der Waals surface area contributed by atoms with E-state index < -0.39 is 0 Å². The van der Waals surface area contributed by atoms with Gasteiger partial charge in [-0.05, 0) is 37.5 Å². The number of amides is 1. The van der Waals surface area contributed by atoms with Crippen LogP contribution >= 0.6 is 0 Å². The number of rotatable bonds is 3. The number of hydrogen-bond acceptors (Lipinski definition) is 3. The number of morpholine rings is 1. The lowest BCUT2D eigenvalue weighted by atomic mass is 10.0. The Bertz CT molecular complexity index is 723.